The molecule has 0 atom stereocenters. The fourth-order valence-corrected chi connectivity index (χ4v) is 1.69. The van der Waals surface area contributed by atoms with Crippen molar-refractivity contribution in [2.24, 2.45) is 0 Å². The summed E-state index contributed by atoms with van der Waals surface area (Å²) in [7, 11) is 3.43. The van der Waals surface area contributed by atoms with Crippen molar-refractivity contribution >= 4 is 21.9 Å². The van der Waals surface area contributed by atoms with Gasteiger partial charge in [-0.15, -0.1) is 0 Å². The molecule has 0 spiro atoms. The van der Waals surface area contributed by atoms with Crippen LogP contribution < -0.4 is 0 Å². The van der Waals surface area contributed by atoms with Gasteiger partial charge in [-0.2, -0.15) is 0 Å². The van der Waals surface area contributed by atoms with E-state index in [4.69, 9.17) is 0 Å². The lowest BCUT2D eigenvalue weighted by Gasteiger charge is -2.15. The van der Waals surface area contributed by atoms with E-state index in [1.54, 1.807) is 6.20 Å². The molecule has 1 rings (SSSR count). The third-order valence-corrected chi connectivity index (χ3v) is 2.84. The summed E-state index contributed by atoms with van der Waals surface area (Å²) in [5.74, 6) is -0.153. The number of rotatable bonds is 6. The van der Waals surface area contributed by atoms with Crippen LogP contribution in [0.4, 0.5) is 0 Å². The van der Waals surface area contributed by atoms with E-state index in [2.05, 4.69) is 30.6 Å². The van der Waals surface area contributed by atoms with Crippen molar-refractivity contribution in [3.63, 3.8) is 0 Å². The van der Waals surface area contributed by atoms with Crippen LogP contribution in [0.15, 0.2) is 22.8 Å². The molecule has 94 valence electrons. The summed E-state index contributed by atoms with van der Waals surface area (Å²) in [6, 6.07) is 3.96. The zero-order valence-electron chi connectivity index (χ0n) is 10.1. The smallest absolute Gasteiger partial charge is 0.305 e. The van der Waals surface area contributed by atoms with Crippen molar-refractivity contribution in [2.45, 2.75) is 19.4 Å². The highest BCUT2D eigenvalue weighted by atomic mass is 79.9. The number of ether oxygens (including phenoxy) is 1. The van der Waals surface area contributed by atoms with Gasteiger partial charge < -0.3 is 9.64 Å². The molecule has 1 aromatic rings. The number of carbonyl (C=O) groups excluding carboxylic acids is 1. The molecular weight excluding hydrogens is 284 g/mol. The minimum absolute atomic E-state index is 0.153. The SMILES string of the molecule is COC(=O)CCCN(C)Cc1ccc(Br)cn1. The quantitative estimate of drug-likeness (QED) is 0.756. The number of nitrogens with zero attached hydrogens (tertiary/aromatic N) is 2. The first-order valence-electron chi connectivity index (χ1n) is 5.47. The molecule has 0 amide bonds. The van der Waals surface area contributed by atoms with E-state index in [0.717, 1.165) is 29.7 Å². The lowest BCUT2D eigenvalue weighted by molar-refractivity contribution is -0.140. The molecule has 5 heteroatoms. The van der Waals surface area contributed by atoms with Crippen LogP contribution in [0.1, 0.15) is 18.5 Å². The topological polar surface area (TPSA) is 42.4 Å². The second kappa shape index (κ2) is 7.40. The predicted octanol–water partition coefficient (Wildman–Crippen LogP) is 2.23. The fourth-order valence-electron chi connectivity index (χ4n) is 1.45. The monoisotopic (exact) mass is 300 g/mol. The molecule has 0 aliphatic rings. The van der Waals surface area contributed by atoms with Crippen LogP contribution >= 0.6 is 15.9 Å². The summed E-state index contributed by atoms with van der Waals surface area (Å²) >= 11 is 3.35. The Bertz CT molecular complexity index is 354. The normalized spacial score (nSPS) is 10.6. The Morgan fingerprint density at radius 1 is 1.53 bits per heavy atom. The van der Waals surface area contributed by atoms with Crippen LogP contribution in [0.3, 0.4) is 0 Å². The minimum Gasteiger partial charge on any atom is -0.469 e. The molecule has 0 radical (unpaired) electrons. The number of carbonyl (C=O) groups is 1. The average Bonchev–Trinajstić information content (AvgIpc) is 2.32. The van der Waals surface area contributed by atoms with E-state index in [9.17, 15) is 4.79 Å². The first-order valence-corrected chi connectivity index (χ1v) is 6.27. The first kappa shape index (κ1) is 14.1. The molecule has 0 N–H and O–H groups in total. The molecule has 0 saturated carbocycles. The number of esters is 1. The molecule has 0 aliphatic carbocycles. The van der Waals surface area contributed by atoms with Crippen LogP contribution in [-0.4, -0.2) is 36.6 Å². The van der Waals surface area contributed by atoms with Crippen molar-refractivity contribution < 1.29 is 9.53 Å². The molecule has 4 nitrogen and oxygen atoms in total. The number of aromatic nitrogens is 1. The second-order valence-electron chi connectivity index (χ2n) is 3.89. The maximum atomic E-state index is 10.9. The van der Waals surface area contributed by atoms with Gasteiger partial charge >= 0.3 is 5.97 Å². The minimum atomic E-state index is -0.153. The number of pyridine rings is 1. The van der Waals surface area contributed by atoms with Gasteiger partial charge in [0.25, 0.3) is 0 Å². The summed E-state index contributed by atoms with van der Waals surface area (Å²) in [5.41, 5.74) is 1.02. The number of halogens is 1. The zero-order valence-corrected chi connectivity index (χ0v) is 11.7. The van der Waals surface area contributed by atoms with E-state index in [-0.39, 0.29) is 5.97 Å². The van der Waals surface area contributed by atoms with Crippen molar-refractivity contribution in [2.75, 3.05) is 20.7 Å². The summed E-state index contributed by atoms with van der Waals surface area (Å²) in [6.07, 6.45) is 3.06. The predicted molar refractivity (Wildman–Crippen MR) is 69.5 cm³/mol. The summed E-state index contributed by atoms with van der Waals surface area (Å²) in [5, 5.41) is 0. The Labute approximate surface area is 110 Å². The molecule has 0 aromatic carbocycles. The zero-order chi connectivity index (χ0) is 12.7. The molecule has 1 aromatic heterocycles. The van der Waals surface area contributed by atoms with Crippen molar-refractivity contribution in [1.82, 2.24) is 9.88 Å². The molecule has 1 heterocycles. The highest BCUT2D eigenvalue weighted by molar-refractivity contribution is 9.10. The Morgan fingerprint density at radius 3 is 2.88 bits per heavy atom. The van der Waals surface area contributed by atoms with Crippen LogP contribution in [-0.2, 0) is 16.1 Å². The van der Waals surface area contributed by atoms with Crippen molar-refractivity contribution in [3.05, 3.63) is 28.5 Å². The maximum absolute atomic E-state index is 10.9. The number of hydrogen-bond acceptors (Lipinski definition) is 4. The Balaban J connectivity index is 2.27. The van der Waals surface area contributed by atoms with Crippen LogP contribution in [0.2, 0.25) is 0 Å². The molecule has 0 bridgehead atoms. The number of methoxy groups -OCH3 is 1. The van der Waals surface area contributed by atoms with Crippen molar-refractivity contribution in [3.8, 4) is 0 Å². The second-order valence-corrected chi connectivity index (χ2v) is 4.80. The Morgan fingerprint density at radius 2 is 2.29 bits per heavy atom. The van der Waals surface area contributed by atoms with Crippen LogP contribution in [0, 0.1) is 0 Å². The lowest BCUT2D eigenvalue weighted by atomic mass is 10.3. The highest BCUT2D eigenvalue weighted by Gasteiger charge is 2.04. The Kier molecular flexibility index (Phi) is 6.15. The van der Waals surface area contributed by atoms with Gasteiger partial charge in [-0.1, -0.05) is 0 Å². The molecular formula is C12H17BrN2O2. The largest absolute Gasteiger partial charge is 0.469 e. The van der Waals surface area contributed by atoms with Gasteiger partial charge in [0.05, 0.1) is 12.8 Å². The van der Waals surface area contributed by atoms with E-state index >= 15 is 0 Å². The van der Waals surface area contributed by atoms with Gasteiger partial charge in [0, 0.05) is 23.6 Å². The van der Waals surface area contributed by atoms with Gasteiger partial charge in [-0.05, 0) is 48.1 Å². The van der Waals surface area contributed by atoms with Gasteiger partial charge in [0.1, 0.15) is 0 Å². The lowest BCUT2D eigenvalue weighted by Crippen LogP contribution is -2.20. The summed E-state index contributed by atoms with van der Waals surface area (Å²) < 4.78 is 5.57. The molecule has 0 saturated heterocycles. The summed E-state index contributed by atoms with van der Waals surface area (Å²) in [4.78, 5) is 17.4. The van der Waals surface area contributed by atoms with E-state index in [0.29, 0.717) is 6.42 Å². The first-order chi connectivity index (χ1) is 8.11. The molecule has 0 aliphatic heterocycles. The van der Waals surface area contributed by atoms with Gasteiger partial charge in [-0.25, -0.2) is 0 Å². The average molecular weight is 301 g/mol. The molecule has 17 heavy (non-hydrogen) atoms. The van der Waals surface area contributed by atoms with Crippen LogP contribution in [0.25, 0.3) is 0 Å². The standard InChI is InChI=1S/C12H17BrN2O2/c1-15(7-3-4-12(16)17-2)9-11-6-5-10(13)8-14-11/h5-6,8H,3-4,7,9H2,1-2H3. The fraction of sp³-hybridized carbons (Fsp3) is 0.500. The third kappa shape index (κ3) is 5.79. The van der Waals surface area contributed by atoms with E-state index < -0.39 is 0 Å². The molecule has 0 fully saturated rings. The van der Waals surface area contributed by atoms with Gasteiger partial charge in [0.15, 0.2) is 0 Å². The van der Waals surface area contributed by atoms with Gasteiger partial charge in [-0.3, -0.25) is 9.78 Å². The van der Waals surface area contributed by atoms with Crippen molar-refractivity contribution in [1.29, 1.82) is 0 Å². The molecule has 0 unspecified atom stereocenters. The van der Waals surface area contributed by atoms with E-state index in [1.165, 1.54) is 7.11 Å². The Hall–Kier alpha value is -0.940. The maximum Gasteiger partial charge on any atom is 0.305 e. The number of hydrogen-bond donors (Lipinski definition) is 0. The van der Waals surface area contributed by atoms with Crippen LogP contribution in [0.5, 0.6) is 0 Å². The van der Waals surface area contributed by atoms with Gasteiger partial charge in [0.2, 0.25) is 0 Å². The summed E-state index contributed by atoms with van der Waals surface area (Å²) in [6.45, 7) is 1.64. The highest BCUT2D eigenvalue weighted by Crippen LogP contribution is 2.08. The third-order valence-electron chi connectivity index (χ3n) is 2.37. The van der Waals surface area contributed by atoms with E-state index in [1.807, 2.05) is 19.2 Å².